The standard InChI is InChI=1S/C19H23N4/c1-14-20-19-17(22(4)13-12-18(19)23(14)5)11-8-15-6-9-16(10-7-15)21(2)3/h6-13H,1-5H3/q+1. The van der Waals surface area contributed by atoms with Crippen molar-refractivity contribution in [2.75, 3.05) is 19.0 Å². The molecule has 0 unspecified atom stereocenters. The topological polar surface area (TPSA) is 24.9 Å². The molecule has 118 valence electrons. The minimum absolute atomic E-state index is 1.02. The Morgan fingerprint density at radius 2 is 1.78 bits per heavy atom. The van der Waals surface area contributed by atoms with Crippen LogP contribution in [0, 0.1) is 6.92 Å². The molecule has 0 N–H and O–H groups in total. The van der Waals surface area contributed by atoms with Crippen LogP contribution in [-0.2, 0) is 14.1 Å². The van der Waals surface area contributed by atoms with E-state index < -0.39 is 0 Å². The fourth-order valence-corrected chi connectivity index (χ4v) is 2.69. The summed E-state index contributed by atoms with van der Waals surface area (Å²) in [6, 6.07) is 10.6. The first kappa shape index (κ1) is 15.3. The van der Waals surface area contributed by atoms with Crippen LogP contribution in [0.25, 0.3) is 23.2 Å². The molecule has 0 saturated carbocycles. The monoisotopic (exact) mass is 307 g/mol. The van der Waals surface area contributed by atoms with Gasteiger partial charge in [0.2, 0.25) is 5.69 Å². The summed E-state index contributed by atoms with van der Waals surface area (Å²) in [4.78, 5) is 6.81. The fourth-order valence-electron chi connectivity index (χ4n) is 2.69. The van der Waals surface area contributed by atoms with Crippen LogP contribution in [-0.4, -0.2) is 23.6 Å². The van der Waals surface area contributed by atoms with Gasteiger partial charge in [-0.2, -0.15) is 4.57 Å². The number of imidazole rings is 1. The first-order chi connectivity index (χ1) is 11.0. The number of aromatic nitrogens is 3. The van der Waals surface area contributed by atoms with Crippen molar-refractivity contribution in [2.24, 2.45) is 14.1 Å². The van der Waals surface area contributed by atoms with Crippen molar-refractivity contribution < 1.29 is 4.57 Å². The summed E-state index contributed by atoms with van der Waals surface area (Å²) in [6.45, 7) is 2.04. The number of anilines is 1. The quantitative estimate of drug-likeness (QED) is 0.695. The molecule has 1 aromatic carbocycles. The number of hydrogen-bond acceptors (Lipinski definition) is 2. The number of aryl methyl sites for hydroxylation is 3. The highest BCUT2D eigenvalue weighted by atomic mass is 15.1. The van der Waals surface area contributed by atoms with Crippen LogP contribution in [0.5, 0.6) is 0 Å². The van der Waals surface area contributed by atoms with Gasteiger partial charge >= 0.3 is 0 Å². The maximum Gasteiger partial charge on any atom is 0.233 e. The van der Waals surface area contributed by atoms with Gasteiger partial charge in [0.25, 0.3) is 0 Å². The summed E-state index contributed by atoms with van der Waals surface area (Å²) in [5, 5.41) is 0. The molecule has 0 fully saturated rings. The van der Waals surface area contributed by atoms with Gasteiger partial charge in [0.1, 0.15) is 12.9 Å². The SMILES string of the molecule is Cc1nc2c(C=Cc3ccc(N(C)C)cc3)[n+](C)ccc2n1C. The normalized spacial score (nSPS) is 11.5. The molecule has 0 amide bonds. The first-order valence-corrected chi connectivity index (χ1v) is 7.74. The predicted octanol–water partition coefficient (Wildman–Crippen LogP) is 2.94. The van der Waals surface area contributed by atoms with Gasteiger partial charge in [-0.25, -0.2) is 4.98 Å². The molecule has 0 radical (unpaired) electrons. The Hall–Kier alpha value is -2.62. The summed E-state index contributed by atoms with van der Waals surface area (Å²) in [6.07, 6.45) is 6.36. The minimum atomic E-state index is 1.02. The van der Waals surface area contributed by atoms with Crippen LogP contribution in [0.2, 0.25) is 0 Å². The van der Waals surface area contributed by atoms with E-state index in [-0.39, 0.29) is 0 Å². The molecular weight excluding hydrogens is 284 g/mol. The second kappa shape index (κ2) is 5.88. The van der Waals surface area contributed by atoms with Crippen molar-refractivity contribution >= 4 is 28.9 Å². The molecule has 0 aliphatic rings. The molecule has 4 nitrogen and oxygen atoms in total. The molecule has 23 heavy (non-hydrogen) atoms. The van der Waals surface area contributed by atoms with Crippen LogP contribution in [0.4, 0.5) is 5.69 Å². The highest BCUT2D eigenvalue weighted by molar-refractivity contribution is 5.85. The number of rotatable bonds is 3. The molecule has 0 aliphatic heterocycles. The van der Waals surface area contributed by atoms with Crippen molar-refractivity contribution in [3.05, 3.63) is 53.6 Å². The van der Waals surface area contributed by atoms with E-state index in [1.54, 1.807) is 0 Å². The first-order valence-electron chi connectivity index (χ1n) is 7.74. The Bertz CT molecular complexity index is 871. The van der Waals surface area contributed by atoms with Gasteiger partial charge in [-0.15, -0.1) is 0 Å². The maximum atomic E-state index is 4.71. The number of nitrogens with zero attached hydrogens (tertiary/aromatic N) is 4. The molecule has 0 aliphatic carbocycles. The van der Waals surface area contributed by atoms with Crippen molar-refractivity contribution in [2.45, 2.75) is 6.92 Å². The summed E-state index contributed by atoms with van der Waals surface area (Å²) < 4.78 is 4.23. The Morgan fingerprint density at radius 1 is 1.09 bits per heavy atom. The number of hydrogen-bond donors (Lipinski definition) is 0. The number of fused-ring (bicyclic) bond motifs is 1. The third kappa shape index (κ3) is 2.84. The van der Waals surface area contributed by atoms with E-state index in [0.29, 0.717) is 0 Å². The van der Waals surface area contributed by atoms with Gasteiger partial charge in [-0.05, 0) is 30.7 Å². The second-order valence-electron chi connectivity index (χ2n) is 6.08. The molecule has 0 bridgehead atoms. The molecule has 3 rings (SSSR count). The minimum Gasteiger partial charge on any atom is -0.378 e. The lowest BCUT2D eigenvalue weighted by atomic mass is 10.1. The molecule has 0 atom stereocenters. The Labute approximate surface area is 137 Å². The molecule has 2 aromatic heterocycles. The number of pyridine rings is 1. The average molecular weight is 307 g/mol. The molecule has 4 heteroatoms. The van der Waals surface area contributed by atoms with Crippen molar-refractivity contribution in [1.29, 1.82) is 0 Å². The van der Waals surface area contributed by atoms with Crippen LogP contribution in [0.3, 0.4) is 0 Å². The van der Waals surface area contributed by atoms with E-state index in [1.165, 1.54) is 11.3 Å². The molecule has 3 aromatic rings. The highest BCUT2D eigenvalue weighted by Crippen LogP contribution is 2.19. The zero-order valence-electron chi connectivity index (χ0n) is 14.4. The van der Waals surface area contributed by atoms with E-state index in [9.17, 15) is 0 Å². The lowest BCUT2D eigenvalue weighted by molar-refractivity contribution is -0.671. The van der Waals surface area contributed by atoms with Gasteiger partial charge in [-0.3, -0.25) is 0 Å². The highest BCUT2D eigenvalue weighted by Gasteiger charge is 2.14. The summed E-state index contributed by atoms with van der Waals surface area (Å²) in [5.74, 6) is 1.02. The lowest BCUT2D eigenvalue weighted by Gasteiger charge is -2.11. The van der Waals surface area contributed by atoms with Gasteiger partial charge in [0, 0.05) is 39.0 Å². The van der Waals surface area contributed by atoms with Crippen LogP contribution in [0.1, 0.15) is 17.1 Å². The summed E-state index contributed by atoms with van der Waals surface area (Å²) in [5.41, 5.74) is 5.69. The van der Waals surface area contributed by atoms with Crippen LogP contribution >= 0.6 is 0 Å². The van der Waals surface area contributed by atoms with Crippen molar-refractivity contribution in [1.82, 2.24) is 9.55 Å². The van der Waals surface area contributed by atoms with E-state index in [4.69, 9.17) is 4.98 Å². The average Bonchev–Trinajstić information content (AvgIpc) is 2.82. The Balaban J connectivity index is 2.00. The third-order valence-electron chi connectivity index (χ3n) is 4.28. The van der Waals surface area contributed by atoms with Gasteiger partial charge < -0.3 is 9.47 Å². The number of benzene rings is 1. The smallest absolute Gasteiger partial charge is 0.233 e. The van der Waals surface area contributed by atoms with Gasteiger partial charge in [0.05, 0.1) is 5.52 Å². The maximum absolute atomic E-state index is 4.71. The molecular formula is C19H23N4+. The van der Waals surface area contributed by atoms with Crippen LogP contribution in [0.15, 0.2) is 36.5 Å². The zero-order chi connectivity index (χ0) is 16.6. The fraction of sp³-hybridized carbons (Fsp3) is 0.263. The van der Waals surface area contributed by atoms with E-state index in [0.717, 1.165) is 22.6 Å². The lowest BCUT2D eigenvalue weighted by Crippen LogP contribution is -2.31. The molecule has 2 heterocycles. The van der Waals surface area contributed by atoms with E-state index in [1.807, 2.05) is 6.92 Å². The Kier molecular flexibility index (Phi) is 3.90. The largest absolute Gasteiger partial charge is 0.378 e. The van der Waals surface area contributed by atoms with Gasteiger partial charge in [-0.1, -0.05) is 12.1 Å². The molecule has 0 saturated heterocycles. The Morgan fingerprint density at radius 3 is 2.43 bits per heavy atom. The molecule has 0 spiro atoms. The van der Waals surface area contributed by atoms with Crippen LogP contribution < -0.4 is 9.47 Å². The predicted molar refractivity (Wildman–Crippen MR) is 96.3 cm³/mol. The van der Waals surface area contributed by atoms with Crippen molar-refractivity contribution in [3.8, 4) is 0 Å². The van der Waals surface area contributed by atoms with Crippen molar-refractivity contribution in [3.63, 3.8) is 0 Å². The third-order valence-corrected chi connectivity index (χ3v) is 4.28. The summed E-state index contributed by atoms with van der Waals surface area (Å²) in [7, 11) is 8.21. The zero-order valence-corrected chi connectivity index (χ0v) is 14.4. The second-order valence-corrected chi connectivity index (χ2v) is 6.08. The summed E-state index contributed by atoms with van der Waals surface area (Å²) >= 11 is 0. The van der Waals surface area contributed by atoms with Gasteiger partial charge in [0.15, 0.2) is 11.7 Å². The van der Waals surface area contributed by atoms with E-state index in [2.05, 4.69) is 90.9 Å². The van der Waals surface area contributed by atoms with E-state index >= 15 is 0 Å².